The van der Waals surface area contributed by atoms with Gasteiger partial charge in [-0.1, -0.05) is 26.0 Å². The largest absolute Gasteiger partial charge is 0.493 e. The van der Waals surface area contributed by atoms with E-state index in [1.165, 1.54) is 6.07 Å². The number of hydrogen-bond donors (Lipinski definition) is 1. The lowest BCUT2D eigenvalue weighted by Gasteiger charge is -2.44. The molecule has 3 fully saturated rings. The van der Waals surface area contributed by atoms with Crippen LogP contribution in [0.4, 0.5) is 18.0 Å². The van der Waals surface area contributed by atoms with Crippen LogP contribution in [0.5, 0.6) is 5.75 Å². The number of nitrogens with zero attached hydrogens (tertiary/aromatic N) is 1. The molecule has 0 radical (unpaired) electrons. The summed E-state index contributed by atoms with van der Waals surface area (Å²) < 4.78 is 53.1. The topological polar surface area (TPSA) is 50.8 Å². The average Bonchev–Trinajstić information content (AvgIpc) is 2.80. The maximum atomic E-state index is 14.3. The van der Waals surface area contributed by atoms with Gasteiger partial charge in [0.1, 0.15) is 11.9 Å². The van der Waals surface area contributed by atoms with E-state index in [0.717, 1.165) is 44.1 Å². The number of rotatable bonds is 3. The van der Waals surface area contributed by atoms with E-state index < -0.39 is 35.0 Å². The Balaban J connectivity index is 1.38. The minimum Gasteiger partial charge on any atom is -0.493 e. The van der Waals surface area contributed by atoms with Gasteiger partial charge < -0.3 is 14.8 Å². The zero-order chi connectivity index (χ0) is 23.3. The molecule has 4 aliphatic rings. The normalized spacial score (nSPS) is 27.4. The molecule has 1 N–H and O–H groups in total. The molecule has 4 aliphatic heterocycles. The number of carbonyl (C=O) groups is 1. The van der Waals surface area contributed by atoms with Crippen LogP contribution in [-0.4, -0.2) is 43.3 Å². The molecule has 0 saturated carbocycles. The van der Waals surface area contributed by atoms with Gasteiger partial charge in [-0.15, -0.1) is 0 Å². The van der Waals surface area contributed by atoms with E-state index in [9.17, 15) is 18.0 Å². The number of benzene rings is 2. The van der Waals surface area contributed by atoms with E-state index in [1.807, 2.05) is 13.8 Å². The predicted octanol–water partition coefficient (Wildman–Crippen LogP) is 5.05. The lowest BCUT2D eigenvalue weighted by molar-refractivity contribution is -0.0361. The van der Waals surface area contributed by atoms with Crippen LogP contribution in [0, 0.1) is 28.8 Å². The number of ether oxygens (including phenoxy) is 2. The second-order valence-corrected chi connectivity index (χ2v) is 9.91. The molecule has 176 valence electrons. The Morgan fingerprint density at radius 2 is 1.88 bits per heavy atom. The molecular formula is C25H27F3N2O3. The number of piperidine rings is 3. The molecular weight excluding hydrogens is 433 g/mol. The van der Waals surface area contributed by atoms with Gasteiger partial charge in [-0.25, -0.2) is 18.0 Å². The number of nitrogens with one attached hydrogen (secondary N) is 1. The zero-order valence-electron chi connectivity index (χ0n) is 18.7. The van der Waals surface area contributed by atoms with E-state index in [1.54, 1.807) is 18.2 Å². The molecule has 2 atom stereocenters. The van der Waals surface area contributed by atoms with Gasteiger partial charge in [0.15, 0.2) is 17.5 Å². The van der Waals surface area contributed by atoms with E-state index in [2.05, 4.69) is 10.2 Å². The summed E-state index contributed by atoms with van der Waals surface area (Å²) in [5, 5.41) is 3.02. The quantitative estimate of drug-likeness (QED) is 0.652. The van der Waals surface area contributed by atoms with E-state index in [0.29, 0.717) is 23.8 Å². The van der Waals surface area contributed by atoms with Crippen molar-refractivity contribution in [3.05, 3.63) is 53.3 Å². The maximum Gasteiger partial charge on any atom is 0.407 e. The van der Waals surface area contributed by atoms with E-state index in [4.69, 9.17) is 9.47 Å². The molecule has 0 aliphatic carbocycles. The third-order valence-corrected chi connectivity index (χ3v) is 7.17. The molecule has 0 spiro atoms. The molecule has 1 amide bonds. The van der Waals surface area contributed by atoms with Gasteiger partial charge in [0.2, 0.25) is 0 Å². The molecule has 33 heavy (non-hydrogen) atoms. The van der Waals surface area contributed by atoms with Crippen LogP contribution in [-0.2, 0) is 4.74 Å². The smallest absolute Gasteiger partial charge is 0.407 e. The standard InChI is InChI=1S/C25H27F3N2O3/c1-25(2)13-32-19-11-15(16-5-6-18(26)22(28)21(16)27)3-4-17(19)23(25)29-24(31)33-20-12-30-9-7-14(20)8-10-30/h3-6,11,14,20,23H,7-10,12-13H2,1-2H3,(H,29,31)/t20-,23?/m0/s1. The van der Waals surface area contributed by atoms with E-state index in [-0.39, 0.29) is 11.7 Å². The van der Waals surface area contributed by atoms with Crippen molar-refractivity contribution < 1.29 is 27.4 Å². The molecule has 2 aromatic carbocycles. The maximum absolute atomic E-state index is 14.3. The highest BCUT2D eigenvalue weighted by atomic mass is 19.2. The number of carbonyl (C=O) groups excluding carboxylic acids is 1. The molecule has 5 nitrogen and oxygen atoms in total. The van der Waals surface area contributed by atoms with Crippen LogP contribution in [0.1, 0.15) is 38.3 Å². The lowest BCUT2D eigenvalue weighted by Crippen LogP contribution is -2.53. The summed E-state index contributed by atoms with van der Waals surface area (Å²) in [5.74, 6) is -3.13. The van der Waals surface area contributed by atoms with Gasteiger partial charge in [0.05, 0.1) is 12.6 Å². The van der Waals surface area contributed by atoms with Crippen molar-refractivity contribution in [1.29, 1.82) is 0 Å². The van der Waals surface area contributed by atoms with Gasteiger partial charge in [0, 0.05) is 23.1 Å². The van der Waals surface area contributed by atoms with Crippen LogP contribution >= 0.6 is 0 Å². The molecule has 1 unspecified atom stereocenters. The Morgan fingerprint density at radius 3 is 2.58 bits per heavy atom. The highest BCUT2D eigenvalue weighted by molar-refractivity contribution is 5.70. The van der Waals surface area contributed by atoms with Crippen LogP contribution in [0.15, 0.2) is 30.3 Å². The predicted molar refractivity (Wildman–Crippen MR) is 116 cm³/mol. The number of amides is 1. The van der Waals surface area contributed by atoms with Crippen molar-refractivity contribution in [3.63, 3.8) is 0 Å². The minimum atomic E-state index is -1.51. The van der Waals surface area contributed by atoms with Crippen molar-refractivity contribution in [2.45, 2.75) is 38.8 Å². The monoisotopic (exact) mass is 460 g/mol. The first kappa shape index (κ1) is 22.1. The molecule has 4 heterocycles. The van der Waals surface area contributed by atoms with Gasteiger partial charge >= 0.3 is 6.09 Å². The fourth-order valence-corrected chi connectivity index (χ4v) is 5.19. The molecule has 0 aromatic heterocycles. The Bertz CT molecular complexity index is 1080. The second-order valence-electron chi connectivity index (χ2n) is 9.91. The fraction of sp³-hybridized carbons (Fsp3) is 0.480. The zero-order valence-corrected chi connectivity index (χ0v) is 18.7. The minimum absolute atomic E-state index is 0.0589. The van der Waals surface area contributed by atoms with Crippen molar-refractivity contribution in [3.8, 4) is 16.9 Å². The number of halogens is 3. The Labute approximate surface area is 190 Å². The summed E-state index contributed by atoms with van der Waals surface area (Å²) in [4.78, 5) is 15.2. The summed E-state index contributed by atoms with van der Waals surface area (Å²) in [6.45, 7) is 7.18. The molecule has 2 aromatic rings. The number of fused-ring (bicyclic) bond motifs is 4. The highest BCUT2D eigenvalue weighted by Gasteiger charge is 2.41. The van der Waals surface area contributed by atoms with Crippen LogP contribution in [0.25, 0.3) is 11.1 Å². The molecule has 6 rings (SSSR count). The first-order valence-electron chi connectivity index (χ1n) is 11.3. The second kappa shape index (κ2) is 8.24. The Kier molecular flexibility index (Phi) is 5.51. The van der Waals surface area contributed by atoms with Gasteiger partial charge in [-0.2, -0.15) is 0 Å². The SMILES string of the molecule is CC1(C)COc2cc(-c3ccc(F)c(F)c3F)ccc2C1NC(=O)O[C@H]1CN2CCC1CC2. The molecule has 8 heteroatoms. The van der Waals surface area contributed by atoms with Crippen LogP contribution in [0.2, 0.25) is 0 Å². The first-order valence-corrected chi connectivity index (χ1v) is 11.3. The van der Waals surface area contributed by atoms with Gasteiger partial charge in [-0.3, -0.25) is 4.90 Å². The summed E-state index contributed by atoms with van der Waals surface area (Å²) in [7, 11) is 0. The summed E-state index contributed by atoms with van der Waals surface area (Å²) in [6.07, 6.45) is 1.53. The average molecular weight is 460 g/mol. The number of hydrogen-bond acceptors (Lipinski definition) is 4. The Hall–Kier alpha value is -2.74. The van der Waals surface area contributed by atoms with Crippen LogP contribution < -0.4 is 10.1 Å². The van der Waals surface area contributed by atoms with Crippen LogP contribution in [0.3, 0.4) is 0 Å². The third kappa shape index (κ3) is 4.05. The van der Waals surface area contributed by atoms with Crippen molar-refractivity contribution in [2.24, 2.45) is 11.3 Å². The van der Waals surface area contributed by atoms with Gasteiger partial charge in [0.25, 0.3) is 0 Å². The van der Waals surface area contributed by atoms with E-state index >= 15 is 0 Å². The third-order valence-electron chi connectivity index (χ3n) is 7.17. The van der Waals surface area contributed by atoms with Crippen molar-refractivity contribution in [2.75, 3.05) is 26.2 Å². The van der Waals surface area contributed by atoms with Crippen molar-refractivity contribution >= 4 is 6.09 Å². The summed E-state index contributed by atoms with van der Waals surface area (Å²) in [5.41, 5.74) is 0.606. The number of alkyl carbamates (subject to hydrolysis) is 1. The highest BCUT2D eigenvalue weighted by Crippen LogP contribution is 2.44. The Morgan fingerprint density at radius 1 is 1.12 bits per heavy atom. The fourth-order valence-electron chi connectivity index (χ4n) is 5.19. The molecule has 3 saturated heterocycles. The molecule has 2 bridgehead atoms. The summed E-state index contributed by atoms with van der Waals surface area (Å²) >= 11 is 0. The van der Waals surface area contributed by atoms with Gasteiger partial charge in [-0.05, 0) is 55.6 Å². The first-order chi connectivity index (χ1) is 15.7. The van der Waals surface area contributed by atoms with Crippen molar-refractivity contribution in [1.82, 2.24) is 10.2 Å². The lowest BCUT2D eigenvalue weighted by atomic mass is 9.78. The summed E-state index contributed by atoms with van der Waals surface area (Å²) in [6, 6.07) is 6.64.